The van der Waals surface area contributed by atoms with Crippen molar-refractivity contribution in [3.05, 3.63) is 30.4 Å². The van der Waals surface area contributed by atoms with Crippen LogP contribution in [0.3, 0.4) is 0 Å². The van der Waals surface area contributed by atoms with Crippen LogP contribution in [-0.4, -0.2) is 77.7 Å². The number of anilines is 2. The molecule has 3 rings (SSSR count). The van der Waals surface area contributed by atoms with Crippen molar-refractivity contribution >= 4 is 17.9 Å². The summed E-state index contributed by atoms with van der Waals surface area (Å²) in [5, 5.41) is 3.45. The van der Waals surface area contributed by atoms with Gasteiger partial charge in [0.05, 0.1) is 18.4 Å². The van der Waals surface area contributed by atoms with Crippen LogP contribution in [0.5, 0.6) is 0 Å². The molecule has 0 amide bonds. The Kier molecular flexibility index (Phi) is 5.55. The molecule has 2 aromatic heterocycles. The van der Waals surface area contributed by atoms with Crippen LogP contribution in [0.1, 0.15) is 5.69 Å². The Morgan fingerprint density at radius 2 is 1.85 bits per heavy atom. The summed E-state index contributed by atoms with van der Waals surface area (Å²) >= 11 is 0. The molecule has 0 aliphatic carbocycles. The Bertz CT molecular complexity index is 730. The van der Waals surface area contributed by atoms with E-state index in [4.69, 9.17) is 0 Å². The molecular weight excluding hydrogens is 330 g/mol. The van der Waals surface area contributed by atoms with Gasteiger partial charge in [0.25, 0.3) is 0 Å². The van der Waals surface area contributed by atoms with Crippen molar-refractivity contribution < 1.29 is 0 Å². The smallest absolute Gasteiger partial charge is 0.225 e. The van der Waals surface area contributed by atoms with Gasteiger partial charge < -0.3 is 24.6 Å². The molecule has 140 valence electrons. The van der Waals surface area contributed by atoms with E-state index in [1.807, 2.05) is 45.4 Å². The number of hydrogen-bond acceptors (Lipinski definition) is 6. The normalized spacial score (nSPS) is 15.3. The Morgan fingerprint density at radius 3 is 2.42 bits per heavy atom. The number of aromatic nitrogens is 4. The van der Waals surface area contributed by atoms with E-state index in [0.29, 0.717) is 6.54 Å². The maximum Gasteiger partial charge on any atom is 0.225 e. The van der Waals surface area contributed by atoms with Gasteiger partial charge in [-0.15, -0.1) is 0 Å². The predicted octanol–water partition coefficient (Wildman–Crippen LogP) is 0.174. The van der Waals surface area contributed by atoms with Crippen molar-refractivity contribution in [3.8, 4) is 0 Å². The standard InChI is InChI=1S/C17H27N9/c1-18-15(21-12-14-13-22-17(23(2)3)24(14)4)25-8-10-26(11-9-25)16-19-6-5-7-20-16/h5-7,13H,8-12H2,1-4H3,(H,18,21). The molecule has 0 spiro atoms. The second kappa shape index (κ2) is 8.03. The second-order valence-corrected chi connectivity index (χ2v) is 6.43. The number of guanidine groups is 1. The maximum atomic E-state index is 4.45. The third-order valence-corrected chi connectivity index (χ3v) is 4.51. The van der Waals surface area contributed by atoms with Gasteiger partial charge in [0.15, 0.2) is 5.96 Å². The summed E-state index contributed by atoms with van der Waals surface area (Å²) in [6.07, 6.45) is 5.47. The molecule has 1 aliphatic heterocycles. The van der Waals surface area contributed by atoms with E-state index in [2.05, 4.69) is 39.6 Å². The van der Waals surface area contributed by atoms with Crippen LogP contribution in [0.4, 0.5) is 11.9 Å². The van der Waals surface area contributed by atoms with Gasteiger partial charge in [0.2, 0.25) is 11.9 Å². The molecule has 0 aromatic carbocycles. The molecule has 1 fully saturated rings. The first-order valence-electron chi connectivity index (χ1n) is 8.75. The SMILES string of the molecule is CN=C(NCc1cnc(N(C)C)n1C)N1CCN(c2ncccn2)CC1. The average Bonchev–Trinajstić information content (AvgIpc) is 3.04. The largest absolute Gasteiger partial charge is 0.351 e. The lowest BCUT2D eigenvalue weighted by Gasteiger charge is -2.36. The summed E-state index contributed by atoms with van der Waals surface area (Å²) in [6.45, 7) is 4.20. The van der Waals surface area contributed by atoms with Crippen molar-refractivity contribution in [2.45, 2.75) is 6.54 Å². The van der Waals surface area contributed by atoms with E-state index in [9.17, 15) is 0 Å². The molecule has 0 atom stereocenters. The van der Waals surface area contributed by atoms with Gasteiger partial charge in [-0.05, 0) is 6.07 Å². The highest BCUT2D eigenvalue weighted by Gasteiger charge is 2.21. The molecule has 1 aliphatic rings. The fourth-order valence-electron chi connectivity index (χ4n) is 3.09. The van der Waals surface area contributed by atoms with Gasteiger partial charge in [-0.25, -0.2) is 15.0 Å². The molecule has 2 aromatic rings. The number of aliphatic imine (C=N–C) groups is 1. The number of rotatable bonds is 4. The van der Waals surface area contributed by atoms with Crippen LogP contribution in [-0.2, 0) is 13.6 Å². The highest BCUT2D eigenvalue weighted by molar-refractivity contribution is 5.80. The molecule has 1 N–H and O–H groups in total. The molecule has 1 saturated heterocycles. The first-order valence-corrected chi connectivity index (χ1v) is 8.75. The van der Waals surface area contributed by atoms with Crippen LogP contribution in [0.15, 0.2) is 29.6 Å². The van der Waals surface area contributed by atoms with Gasteiger partial charge in [0, 0.05) is 66.8 Å². The van der Waals surface area contributed by atoms with Gasteiger partial charge in [-0.2, -0.15) is 0 Å². The quantitative estimate of drug-likeness (QED) is 0.617. The van der Waals surface area contributed by atoms with E-state index < -0.39 is 0 Å². The number of hydrogen-bond donors (Lipinski definition) is 1. The number of imidazole rings is 1. The van der Waals surface area contributed by atoms with Gasteiger partial charge in [-0.1, -0.05) is 0 Å². The summed E-state index contributed by atoms with van der Waals surface area (Å²) in [5.74, 6) is 2.64. The molecule has 0 bridgehead atoms. The first kappa shape index (κ1) is 18.0. The van der Waals surface area contributed by atoms with Crippen LogP contribution in [0.2, 0.25) is 0 Å². The minimum Gasteiger partial charge on any atom is -0.351 e. The minimum absolute atomic E-state index is 0.687. The number of nitrogens with one attached hydrogen (secondary N) is 1. The van der Waals surface area contributed by atoms with E-state index in [0.717, 1.165) is 49.7 Å². The highest BCUT2D eigenvalue weighted by Crippen LogP contribution is 2.12. The highest BCUT2D eigenvalue weighted by atomic mass is 15.4. The van der Waals surface area contributed by atoms with Crippen molar-refractivity contribution in [2.24, 2.45) is 12.0 Å². The van der Waals surface area contributed by atoms with Crippen molar-refractivity contribution in [2.75, 3.05) is 57.1 Å². The summed E-state index contributed by atoms with van der Waals surface area (Å²) in [4.78, 5) is 24.0. The molecule has 0 unspecified atom stereocenters. The fourth-order valence-corrected chi connectivity index (χ4v) is 3.09. The topological polar surface area (TPSA) is 77.7 Å². The Balaban J connectivity index is 1.56. The third-order valence-electron chi connectivity index (χ3n) is 4.51. The fraction of sp³-hybridized carbons (Fsp3) is 0.529. The predicted molar refractivity (Wildman–Crippen MR) is 104 cm³/mol. The molecule has 0 radical (unpaired) electrons. The van der Waals surface area contributed by atoms with Crippen molar-refractivity contribution in [3.63, 3.8) is 0 Å². The number of nitrogens with zero attached hydrogens (tertiary/aromatic N) is 8. The molecule has 9 heteroatoms. The number of piperazine rings is 1. The van der Waals surface area contributed by atoms with E-state index in [1.54, 1.807) is 12.4 Å². The zero-order chi connectivity index (χ0) is 18.5. The molecule has 3 heterocycles. The van der Waals surface area contributed by atoms with E-state index in [1.165, 1.54) is 0 Å². The summed E-state index contributed by atoms with van der Waals surface area (Å²) in [5.41, 5.74) is 1.12. The monoisotopic (exact) mass is 357 g/mol. The van der Waals surface area contributed by atoms with E-state index in [-0.39, 0.29) is 0 Å². The molecule has 0 saturated carbocycles. The van der Waals surface area contributed by atoms with Crippen LogP contribution < -0.4 is 15.1 Å². The van der Waals surface area contributed by atoms with Crippen molar-refractivity contribution in [1.29, 1.82) is 0 Å². The van der Waals surface area contributed by atoms with Crippen LogP contribution in [0.25, 0.3) is 0 Å². The maximum absolute atomic E-state index is 4.45. The zero-order valence-corrected chi connectivity index (χ0v) is 15.9. The molecule has 9 nitrogen and oxygen atoms in total. The summed E-state index contributed by atoms with van der Waals surface area (Å²) in [7, 11) is 7.84. The second-order valence-electron chi connectivity index (χ2n) is 6.43. The Morgan fingerprint density at radius 1 is 1.15 bits per heavy atom. The zero-order valence-electron chi connectivity index (χ0n) is 15.9. The lowest BCUT2D eigenvalue weighted by molar-refractivity contribution is 0.369. The molecular formula is C17H27N9. The Hall–Kier alpha value is -2.84. The van der Waals surface area contributed by atoms with Gasteiger partial charge in [-0.3, -0.25) is 4.99 Å². The van der Waals surface area contributed by atoms with E-state index >= 15 is 0 Å². The van der Waals surface area contributed by atoms with Crippen LogP contribution in [0, 0.1) is 0 Å². The van der Waals surface area contributed by atoms with Crippen LogP contribution >= 0.6 is 0 Å². The molecule has 26 heavy (non-hydrogen) atoms. The first-order chi connectivity index (χ1) is 12.6. The van der Waals surface area contributed by atoms with Crippen molar-refractivity contribution in [1.82, 2.24) is 29.7 Å². The Labute approximate surface area is 154 Å². The van der Waals surface area contributed by atoms with Gasteiger partial charge >= 0.3 is 0 Å². The third kappa shape index (κ3) is 3.87. The summed E-state index contributed by atoms with van der Waals surface area (Å²) < 4.78 is 2.09. The minimum atomic E-state index is 0.687. The lowest BCUT2D eigenvalue weighted by atomic mass is 10.3. The summed E-state index contributed by atoms with van der Waals surface area (Å²) in [6, 6.07) is 1.84. The lowest BCUT2D eigenvalue weighted by Crippen LogP contribution is -2.52. The average molecular weight is 357 g/mol. The van der Waals surface area contributed by atoms with Gasteiger partial charge in [0.1, 0.15) is 0 Å².